The molecule has 37 heavy (non-hydrogen) atoms. The van der Waals surface area contributed by atoms with Gasteiger partial charge in [0.2, 0.25) is 5.91 Å². The molecule has 0 bridgehead atoms. The molecule has 1 atom stereocenters. The number of nitrogens with zero attached hydrogens (tertiary/aromatic N) is 2. The number of aryl methyl sites for hydroxylation is 1. The molecule has 0 fully saturated rings. The molecule has 2 aromatic carbocycles. The normalized spacial score (nSPS) is 14.7. The summed E-state index contributed by atoms with van der Waals surface area (Å²) in [6.45, 7) is 3.89. The molecule has 0 radical (unpaired) electrons. The third-order valence-corrected chi connectivity index (χ3v) is 7.55. The smallest absolute Gasteiger partial charge is 0.254 e. The van der Waals surface area contributed by atoms with Crippen LogP contribution in [-0.4, -0.2) is 68.7 Å². The summed E-state index contributed by atoms with van der Waals surface area (Å²) < 4.78 is 16.6. The van der Waals surface area contributed by atoms with E-state index < -0.39 is 0 Å². The number of fused-ring (bicyclic) bond motifs is 1. The Morgan fingerprint density at radius 2 is 1.89 bits per heavy atom. The van der Waals surface area contributed by atoms with Gasteiger partial charge in [-0.3, -0.25) is 9.59 Å². The molecular formula is C29H34N2O5S. The second-order valence-electron chi connectivity index (χ2n) is 9.08. The van der Waals surface area contributed by atoms with Gasteiger partial charge in [0.05, 0.1) is 13.2 Å². The Hall–Kier alpha value is -3.36. The van der Waals surface area contributed by atoms with Crippen LogP contribution in [0.4, 0.5) is 0 Å². The van der Waals surface area contributed by atoms with Crippen LogP contribution in [0.15, 0.2) is 60.0 Å². The van der Waals surface area contributed by atoms with Crippen molar-refractivity contribution in [1.29, 1.82) is 0 Å². The van der Waals surface area contributed by atoms with Crippen LogP contribution in [0.5, 0.6) is 11.5 Å². The average Bonchev–Trinajstić information content (AvgIpc) is 3.41. The molecular weight excluding hydrogens is 488 g/mol. The first-order valence-corrected chi connectivity index (χ1v) is 13.4. The van der Waals surface area contributed by atoms with Gasteiger partial charge in [-0.05, 0) is 67.1 Å². The molecule has 2 amide bonds. The van der Waals surface area contributed by atoms with Crippen molar-refractivity contribution in [3.05, 3.63) is 81.5 Å². The second-order valence-corrected chi connectivity index (χ2v) is 10.1. The highest BCUT2D eigenvalue weighted by Gasteiger charge is 2.33. The van der Waals surface area contributed by atoms with E-state index in [1.165, 1.54) is 4.88 Å². The highest BCUT2D eigenvalue weighted by atomic mass is 32.1. The number of methoxy groups -OCH3 is 2. The van der Waals surface area contributed by atoms with Crippen LogP contribution in [0.3, 0.4) is 0 Å². The number of hydrogen-bond acceptors (Lipinski definition) is 6. The lowest BCUT2D eigenvalue weighted by Gasteiger charge is -2.37. The summed E-state index contributed by atoms with van der Waals surface area (Å²) in [6, 6.07) is 16.8. The van der Waals surface area contributed by atoms with Gasteiger partial charge in [0.25, 0.3) is 5.91 Å². The minimum Gasteiger partial charge on any atom is -0.497 e. The van der Waals surface area contributed by atoms with Crippen LogP contribution in [0, 0.1) is 6.92 Å². The SMILES string of the molecule is COCCCN(CC(=O)N1CCc2sccc2[C@H]1COc1ccc(C)cc1)C(=O)c1cccc(OC)c1. The van der Waals surface area contributed by atoms with E-state index in [0.29, 0.717) is 44.0 Å². The van der Waals surface area contributed by atoms with E-state index in [1.54, 1.807) is 54.7 Å². The first-order chi connectivity index (χ1) is 18.0. The van der Waals surface area contributed by atoms with Gasteiger partial charge in [0, 0.05) is 37.2 Å². The molecule has 0 unspecified atom stereocenters. The Labute approximate surface area is 222 Å². The van der Waals surface area contributed by atoms with Crippen molar-refractivity contribution in [1.82, 2.24) is 9.80 Å². The van der Waals surface area contributed by atoms with Gasteiger partial charge in [0.15, 0.2) is 0 Å². The van der Waals surface area contributed by atoms with Gasteiger partial charge in [-0.1, -0.05) is 23.8 Å². The predicted molar refractivity (Wildman–Crippen MR) is 145 cm³/mol. The Morgan fingerprint density at radius 3 is 2.65 bits per heavy atom. The third kappa shape index (κ3) is 6.70. The fourth-order valence-corrected chi connectivity index (χ4v) is 5.46. The fourth-order valence-electron chi connectivity index (χ4n) is 4.53. The molecule has 0 saturated heterocycles. The van der Waals surface area contributed by atoms with Crippen LogP contribution in [0.2, 0.25) is 0 Å². The third-order valence-electron chi connectivity index (χ3n) is 6.55. The molecule has 8 heteroatoms. The molecule has 0 spiro atoms. The first-order valence-electron chi connectivity index (χ1n) is 12.5. The number of hydrogen-bond donors (Lipinski definition) is 0. The molecule has 0 N–H and O–H groups in total. The summed E-state index contributed by atoms with van der Waals surface area (Å²) in [4.78, 5) is 31.9. The van der Waals surface area contributed by atoms with E-state index in [9.17, 15) is 9.59 Å². The van der Waals surface area contributed by atoms with Crippen molar-refractivity contribution < 1.29 is 23.8 Å². The van der Waals surface area contributed by atoms with Crippen LogP contribution < -0.4 is 9.47 Å². The van der Waals surface area contributed by atoms with E-state index in [1.807, 2.05) is 36.1 Å². The fraction of sp³-hybridized carbons (Fsp3) is 0.379. The van der Waals surface area contributed by atoms with Gasteiger partial charge in [0.1, 0.15) is 24.7 Å². The molecule has 1 aliphatic heterocycles. The van der Waals surface area contributed by atoms with Gasteiger partial charge in [-0.15, -0.1) is 11.3 Å². The Morgan fingerprint density at radius 1 is 1.08 bits per heavy atom. The lowest BCUT2D eigenvalue weighted by molar-refractivity contribution is -0.135. The molecule has 2 heterocycles. The number of carbonyl (C=O) groups excluding carboxylic acids is 2. The maximum atomic E-state index is 13.7. The molecule has 0 saturated carbocycles. The summed E-state index contributed by atoms with van der Waals surface area (Å²) in [5.41, 5.74) is 2.78. The lowest BCUT2D eigenvalue weighted by Crippen LogP contribution is -2.48. The van der Waals surface area contributed by atoms with Crippen molar-refractivity contribution in [3.8, 4) is 11.5 Å². The minimum atomic E-state index is -0.212. The monoisotopic (exact) mass is 522 g/mol. The predicted octanol–water partition coefficient (Wildman–Crippen LogP) is 4.75. The summed E-state index contributed by atoms with van der Waals surface area (Å²) >= 11 is 1.72. The van der Waals surface area contributed by atoms with Crippen molar-refractivity contribution >= 4 is 23.2 Å². The highest BCUT2D eigenvalue weighted by molar-refractivity contribution is 7.10. The van der Waals surface area contributed by atoms with E-state index in [4.69, 9.17) is 14.2 Å². The highest BCUT2D eigenvalue weighted by Crippen LogP contribution is 2.34. The Balaban J connectivity index is 1.52. The van der Waals surface area contributed by atoms with E-state index >= 15 is 0 Å². The van der Waals surface area contributed by atoms with Gasteiger partial charge in [-0.2, -0.15) is 0 Å². The van der Waals surface area contributed by atoms with Crippen molar-refractivity contribution in [3.63, 3.8) is 0 Å². The topological polar surface area (TPSA) is 68.3 Å². The van der Waals surface area contributed by atoms with Crippen LogP contribution >= 0.6 is 11.3 Å². The molecule has 0 aliphatic carbocycles. The summed E-state index contributed by atoms with van der Waals surface area (Å²) in [6.07, 6.45) is 1.43. The first kappa shape index (κ1) is 26.7. The summed E-state index contributed by atoms with van der Waals surface area (Å²) in [7, 11) is 3.20. The lowest BCUT2D eigenvalue weighted by atomic mass is 10.00. The Kier molecular flexibility index (Phi) is 9.19. The van der Waals surface area contributed by atoms with Gasteiger partial charge >= 0.3 is 0 Å². The quantitative estimate of drug-likeness (QED) is 0.340. The van der Waals surface area contributed by atoms with Crippen molar-refractivity contribution in [2.75, 3.05) is 47.1 Å². The number of benzene rings is 2. The zero-order valence-electron chi connectivity index (χ0n) is 21.6. The number of ether oxygens (including phenoxy) is 3. The van der Waals surface area contributed by atoms with Gasteiger partial charge < -0.3 is 24.0 Å². The van der Waals surface area contributed by atoms with Crippen molar-refractivity contribution in [2.45, 2.75) is 25.8 Å². The average molecular weight is 523 g/mol. The molecule has 4 rings (SSSR count). The number of rotatable bonds is 11. The minimum absolute atomic E-state index is 0.0136. The zero-order valence-corrected chi connectivity index (χ0v) is 22.5. The van der Waals surface area contributed by atoms with Crippen LogP contribution in [0.1, 0.15) is 38.8 Å². The second kappa shape index (κ2) is 12.7. The van der Waals surface area contributed by atoms with Gasteiger partial charge in [-0.25, -0.2) is 0 Å². The molecule has 3 aromatic rings. The molecule has 196 valence electrons. The van der Waals surface area contributed by atoms with E-state index in [0.717, 1.165) is 23.3 Å². The van der Waals surface area contributed by atoms with E-state index in [-0.39, 0.29) is 24.4 Å². The number of thiophene rings is 1. The number of carbonyl (C=O) groups is 2. The van der Waals surface area contributed by atoms with Crippen LogP contribution in [-0.2, 0) is 16.0 Å². The summed E-state index contributed by atoms with van der Waals surface area (Å²) in [5.74, 6) is 1.07. The van der Waals surface area contributed by atoms with E-state index in [2.05, 4.69) is 11.4 Å². The molecule has 7 nitrogen and oxygen atoms in total. The molecule has 1 aliphatic rings. The number of amides is 2. The largest absolute Gasteiger partial charge is 0.497 e. The standard InChI is InChI=1S/C29H34N2O5S/c1-21-8-10-23(11-9-21)36-20-26-25-13-17-37-27(25)12-15-31(26)28(32)19-30(14-5-16-34-2)29(33)22-6-4-7-24(18-22)35-3/h4,6-11,13,17-18,26H,5,12,14-16,19-20H2,1-3H3/t26-/m1/s1. The molecule has 1 aromatic heterocycles. The maximum Gasteiger partial charge on any atom is 0.254 e. The zero-order chi connectivity index (χ0) is 26.2. The maximum absolute atomic E-state index is 13.7. The van der Waals surface area contributed by atoms with Crippen LogP contribution in [0.25, 0.3) is 0 Å². The van der Waals surface area contributed by atoms with Crippen molar-refractivity contribution in [2.24, 2.45) is 0 Å². The Bertz CT molecular complexity index is 1190. The summed E-state index contributed by atoms with van der Waals surface area (Å²) in [5, 5.41) is 2.07.